The highest BCUT2D eigenvalue weighted by Gasteiger charge is 2.41. The van der Waals surface area contributed by atoms with Crippen molar-refractivity contribution in [3.8, 4) is 0 Å². The van der Waals surface area contributed by atoms with Gasteiger partial charge in [0.25, 0.3) is 0 Å². The van der Waals surface area contributed by atoms with Crippen LogP contribution >= 0.6 is 0 Å². The van der Waals surface area contributed by atoms with Crippen LogP contribution in [-0.2, 0) is 10.3 Å². The molecule has 0 bridgehead atoms. The molecule has 1 aliphatic rings. The molecule has 3 heteroatoms. The number of hydrogen-bond donors (Lipinski definition) is 2. The molecule has 0 radical (unpaired) electrons. The maximum atomic E-state index is 11.9. The lowest BCUT2D eigenvalue weighted by molar-refractivity contribution is -0.121. The Balaban J connectivity index is 2.50. The lowest BCUT2D eigenvalue weighted by Gasteiger charge is -2.23. The number of hydrogen-bond acceptors (Lipinski definition) is 2. The number of rotatable bonds is 2. The third-order valence-electron chi connectivity index (χ3n) is 2.95. The Hall–Kier alpha value is -1.35. The van der Waals surface area contributed by atoms with Gasteiger partial charge in [-0.3, -0.25) is 4.79 Å². The number of carbonyl (C=O) groups is 1. The summed E-state index contributed by atoms with van der Waals surface area (Å²) < 4.78 is 0. The van der Waals surface area contributed by atoms with Gasteiger partial charge in [0, 0.05) is 11.3 Å². The van der Waals surface area contributed by atoms with Gasteiger partial charge in [0.1, 0.15) is 5.54 Å². The van der Waals surface area contributed by atoms with Crippen molar-refractivity contribution in [3.63, 3.8) is 0 Å². The predicted molar refractivity (Wildman–Crippen MR) is 60.8 cm³/mol. The van der Waals surface area contributed by atoms with Crippen LogP contribution in [0.1, 0.15) is 25.0 Å². The Morgan fingerprint density at radius 2 is 2.20 bits per heavy atom. The minimum Gasteiger partial charge on any atom is -0.324 e. The predicted octanol–water partition coefficient (Wildman–Crippen LogP) is 1.77. The number of aryl methyl sites for hydroxylation is 1. The van der Waals surface area contributed by atoms with E-state index < -0.39 is 5.54 Å². The summed E-state index contributed by atoms with van der Waals surface area (Å²) in [6, 6.07) is 6.07. The topological polar surface area (TPSA) is 41.1 Å². The summed E-state index contributed by atoms with van der Waals surface area (Å²) in [5, 5.41) is 6.15. The molecule has 0 fully saturated rings. The molecule has 3 nitrogen and oxygen atoms in total. The highest BCUT2D eigenvalue weighted by molar-refractivity contribution is 6.05. The van der Waals surface area contributed by atoms with Crippen molar-refractivity contribution in [2.75, 3.05) is 11.9 Å². The Labute approximate surface area is 89.9 Å². The van der Waals surface area contributed by atoms with Gasteiger partial charge in [-0.2, -0.15) is 0 Å². The van der Waals surface area contributed by atoms with E-state index >= 15 is 0 Å². The summed E-state index contributed by atoms with van der Waals surface area (Å²) in [5.74, 6) is 0.0324. The molecule has 0 saturated heterocycles. The molecule has 1 amide bonds. The van der Waals surface area contributed by atoms with E-state index in [2.05, 4.69) is 10.6 Å². The molecule has 1 heterocycles. The van der Waals surface area contributed by atoms with Crippen molar-refractivity contribution in [1.82, 2.24) is 5.32 Å². The molecule has 2 N–H and O–H groups in total. The molecule has 1 aromatic rings. The van der Waals surface area contributed by atoms with Crippen LogP contribution in [0, 0.1) is 6.92 Å². The molecule has 1 aliphatic heterocycles. The van der Waals surface area contributed by atoms with Gasteiger partial charge in [-0.15, -0.1) is 0 Å². The summed E-state index contributed by atoms with van der Waals surface area (Å²) in [7, 11) is 0. The molecule has 0 saturated carbocycles. The maximum Gasteiger partial charge on any atom is 0.249 e. The second-order valence-electron chi connectivity index (χ2n) is 4.16. The van der Waals surface area contributed by atoms with Crippen LogP contribution in [0.5, 0.6) is 0 Å². The fraction of sp³-hybridized carbons (Fsp3) is 0.417. The van der Waals surface area contributed by atoms with Gasteiger partial charge in [-0.1, -0.05) is 19.1 Å². The lowest BCUT2D eigenvalue weighted by atomic mass is 9.93. The SMILES string of the molecule is CCNC1(C)C(=O)Nc2cc(C)ccc21. The first-order valence-electron chi connectivity index (χ1n) is 5.25. The van der Waals surface area contributed by atoms with Gasteiger partial charge in [0.05, 0.1) is 0 Å². The smallest absolute Gasteiger partial charge is 0.249 e. The number of carbonyl (C=O) groups excluding carboxylic acids is 1. The third kappa shape index (κ3) is 1.43. The summed E-state index contributed by atoms with van der Waals surface area (Å²) >= 11 is 0. The highest BCUT2D eigenvalue weighted by Crippen LogP contribution is 2.35. The first-order valence-corrected chi connectivity index (χ1v) is 5.25. The fourth-order valence-electron chi connectivity index (χ4n) is 2.10. The second-order valence-corrected chi connectivity index (χ2v) is 4.16. The van der Waals surface area contributed by atoms with Crippen molar-refractivity contribution in [2.45, 2.75) is 26.3 Å². The molecule has 1 atom stereocenters. The standard InChI is InChI=1S/C12H16N2O/c1-4-13-12(3)9-6-5-8(2)7-10(9)14-11(12)15/h5-7,13H,4H2,1-3H3,(H,14,15). The van der Waals surface area contributed by atoms with Crippen molar-refractivity contribution >= 4 is 11.6 Å². The fourth-order valence-corrected chi connectivity index (χ4v) is 2.10. The summed E-state index contributed by atoms with van der Waals surface area (Å²) in [6.45, 7) is 6.73. The molecular formula is C12H16N2O. The van der Waals surface area contributed by atoms with E-state index in [9.17, 15) is 4.79 Å². The monoisotopic (exact) mass is 204 g/mol. The number of fused-ring (bicyclic) bond motifs is 1. The summed E-state index contributed by atoms with van der Waals surface area (Å²) in [6.07, 6.45) is 0. The minimum atomic E-state index is -0.572. The van der Waals surface area contributed by atoms with Gasteiger partial charge in [0.2, 0.25) is 5.91 Å². The Kier molecular flexibility index (Phi) is 2.27. The van der Waals surface area contributed by atoms with E-state index in [1.54, 1.807) is 0 Å². The number of likely N-dealkylation sites (N-methyl/N-ethyl adjacent to an activating group) is 1. The maximum absolute atomic E-state index is 11.9. The Morgan fingerprint density at radius 3 is 2.87 bits per heavy atom. The number of anilines is 1. The number of amides is 1. The van der Waals surface area contributed by atoms with Crippen molar-refractivity contribution in [3.05, 3.63) is 29.3 Å². The molecule has 2 rings (SSSR count). The largest absolute Gasteiger partial charge is 0.324 e. The van der Waals surface area contributed by atoms with Crippen LogP contribution in [0.25, 0.3) is 0 Å². The zero-order chi connectivity index (χ0) is 11.1. The zero-order valence-electron chi connectivity index (χ0n) is 9.35. The molecule has 15 heavy (non-hydrogen) atoms. The molecule has 80 valence electrons. The van der Waals surface area contributed by atoms with E-state index in [4.69, 9.17) is 0 Å². The summed E-state index contributed by atoms with van der Waals surface area (Å²) in [5.41, 5.74) is 2.57. The summed E-state index contributed by atoms with van der Waals surface area (Å²) in [4.78, 5) is 11.9. The number of nitrogens with one attached hydrogen (secondary N) is 2. The number of benzene rings is 1. The van der Waals surface area contributed by atoms with Gasteiger partial charge >= 0.3 is 0 Å². The van der Waals surface area contributed by atoms with Crippen LogP contribution in [0.15, 0.2) is 18.2 Å². The third-order valence-corrected chi connectivity index (χ3v) is 2.95. The van der Waals surface area contributed by atoms with Gasteiger partial charge in [-0.25, -0.2) is 0 Å². The Morgan fingerprint density at radius 1 is 1.47 bits per heavy atom. The van der Waals surface area contributed by atoms with E-state index in [-0.39, 0.29) is 5.91 Å². The normalized spacial score (nSPS) is 23.8. The molecule has 0 spiro atoms. The van der Waals surface area contributed by atoms with Crippen LogP contribution < -0.4 is 10.6 Å². The van der Waals surface area contributed by atoms with Crippen molar-refractivity contribution < 1.29 is 4.79 Å². The van der Waals surface area contributed by atoms with Crippen LogP contribution in [-0.4, -0.2) is 12.5 Å². The van der Waals surface area contributed by atoms with E-state index in [1.807, 2.05) is 39.0 Å². The van der Waals surface area contributed by atoms with Gasteiger partial charge in [0.15, 0.2) is 0 Å². The second kappa shape index (κ2) is 3.35. The molecular weight excluding hydrogens is 188 g/mol. The van der Waals surface area contributed by atoms with E-state index in [1.165, 1.54) is 0 Å². The van der Waals surface area contributed by atoms with E-state index in [0.29, 0.717) is 0 Å². The van der Waals surface area contributed by atoms with Gasteiger partial charge < -0.3 is 10.6 Å². The molecule has 1 aromatic carbocycles. The first-order chi connectivity index (χ1) is 7.08. The highest BCUT2D eigenvalue weighted by atomic mass is 16.2. The van der Waals surface area contributed by atoms with Crippen LogP contribution in [0.2, 0.25) is 0 Å². The van der Waals surface area contributed by atoms with E-state index in [0.717, 1.165) is 23.4 Å². The quantitative estimate of drug-likeness (QED) is 0.771. The van der Waals surface area contributed by atoms with Crippen molar-refractivity contribution in [1.29, 1.82) is 0 Å². The average Bonchev–Trinajstić information content (AvgIpc) is 2.39. The van der Waals surface area contributed by atoms with Crippen LogP contribution in [0.4, 0.5) is 5.69 Å². The minimum absolute atomic E-state index is 0.0324. The molecule has 0 aromatic heterocycles. The van der Waals surface area contributed by atoms with Gasteiger partial charge in [-0.05, 0) is 32.0 Å². The average molecular weight is 204 g/mol. The Bertz CT molecular complexity index is 414. The van der Waals surface area contributed by atoms with Crippen molar-refractivity contribution in [2.24, 2.45) is 0 Å². The zero-order valence-corrected chi connectivity index (χ0v) is 9.35. The van der Waals surface area contributed by atoms with Crippen LogP contribution in [0.3, 0.4) is 0 Å². The first kappa shape index (κ1) is 10.2. The molecule has 0 aliphatic carbocycles. The lowest BCUT2D eigenvalue weighted by Crippen LogP contribution is -2.45. The molecule has 1 unspecified atom stereocenters.